The van der Waals surface area contributed by atoms with Gasteiger partial charge in [-0.3, -0.25) is 4.79 Å². The molecular weight excluding hydrogens is 204 g/mol. The lowest BCUT2D eigenvalue weighted by Gasteiger charge is -2.27. The van der Waals surface area contributed by atoms with Gasteiger partial charge in [0.25, 0.3) is 0 Å². The van der Waals surface area contributed by atoms with Crippen LogP contribution in [0.3, 0.4) is 0 Å². The Morgan fingerprint density at radius 1 is 1.44 bits per heavy atom. The van der Waals surface area contributed by atoms with Crippen LogP contribution >= 0.6 is 0 Å². The average Bonchev–Trinajstić information content (AvgIpc) is 2.27. The van der Waals surface area contributed by atoms with Gasteiger partial charge in [-0.15, -0.1) is 0 Å². The predicted molar refractivity (Wildman–Crippen MR) is 64.3 cm³/mol. The number of rotatable bonds is 6. The fourth-order valence-electron chi connectivity index (χ4n) is 2.38. The molecule has 4 heteroatoms. The summed E-state index contributed by atoms with van der Waals surface area (Å²) in [6, 6.07) is -0.714. The molecule has 0 bridgehead atoms. The Balaban J connectivity index is 2.14. The normalized spacial score (nSPS) is 19.9. The van der Waals surface area contributed by atoms with Crippen LogP contribution in [0, 0.1) is 5.92 Å². The molecule has 3 N–H and O–H groups in total. The summed E-state index contributed by atoms with van der Waals surface area (Å²) < 4.78 is 0. The molecule has 0 spiro atoms. The molecule has 0 amide bonds. The summed E-state index contributed by atoms with van der Waals surface area (Å²) in [5, 5.41) is 8.67. The molecule has 0 aromatic carbocycles. The third-order valence-corrected chi connectivity index (χ3v) is 3.43. The van der Waals surface area contributed by atoms with Crippen molar-refractivity contribution in [2.75, 3.05) is 20.1 Å². The van der Waals surface area contributed by atoms with Gasteiger partial charge in [0.2, 0.25) is 0 Å². The van der Waals surface area contributed by atoms with Crippen molar-refractivity contribution in [3.8, 4) is 0 Å². The molecule has 1 rings (SSSR count). The molecule has 0 radical (unpaired) electrons. The topological polar surface area (TPSA) is 66.6 Å². The van der Waals surface area contributed by atoms with Crippen molar-refractivity contribution in [2.45, 2.75) is 44.6 Å². The number of aliphatic carboxylic acids is 1. The minimum atomic E-state index is -0.897. The van der Waals surface area contributed by atoms with Gasteiger partial charge >= 0.3 is 5.97 Å². The summed E-state index contributed by atoms with van der Waals surface area (Å²) in [4.78, 5) is 12.8. The highest BCUT2D eigenvalue weighted by atomic mass is 16.4. The Kier molecular flexibility index (Phi) is 5.77. The Labute approximate surface area is 97.8 Å². The van der Waals surface area contributed by atoms with Gasteiger partial charge in [0.15, 0.2) is 0 Å². The van der Waals surface area contributed by atoms with Crippen LogP contribution in [0.25, 0.3) is 0 Å². The van der Waals surface area contributed by atoms with Crippen LogP contribution in [0.1, 0.15) is 38.5 Å². The molecule has 16 heavy (non-hydrogen) atoms. The van der Waals surface area contributed by atoms with Gasteiger partial charge < -0.3 is 15.7 Å². The smallest absolute Gasteiger partial charge is 0.320 e. The first kappa shape index (κ1) is 13.5. The Morgan fingerprint density at radius 3 is 2.62 bits per heavy atom. The first-order chi connectivity index (χ1) is 7.59. The van der Waals surface area contributed by atoms with Crippen molar-refractivity contribution >= 4 is 5.97 Å². The largest absolute Gasteiger partial charge is 0.480 e. The predicted octanol–water partition coefficient (Wildman–Crippen LogP) is 1.30. The number of nitrogens with two attached hydrogens (primary N) is 1. The average molecular weight is 228 g/mol. The van der Waals surface area contributed by atoms with E-state index in [1.165, 1.54) is 32.1 Å². The van der Waals surface area contributed by atoms with E-state index in [1.54, 1.807) is 0 Å². The Bertz CT molecular complexity index is 215. The maximum absolute atomic E-state index is 10.6. The minimum Gasteiger partial charge on any atom is -0.480 e. The van der Waals surface area contributed by atoms with E-state index in [1.807, 2.05) is 0 Å². The third kappa shape index (κ3) is 4.94. The van der Waals surface area contributed by atoms with E-state index in [0.29, 0.717) is 6.42 Å². The number of carboxylic acid groups (broad SMARTS) is 1. The van der Waals surface area contributed by atoms with E-state index in [9.17, 15) is 4.79 Å². The molecule has 0 heterocycles. The van der Waals surface area contributed by atoms with Crippen molar-refractivity contribution in [3.05, 3.63) is 0 Å². The summed E-state index contributed by atoms with van der Waals surface area (Å²) in [7, 11) is 2.06. The van der Waals surface area contributed by atoms with E-state index in [0.717, 1.165) is 19.0 Å². The zero-order chi connectivity index (χ0) is 12.0. The Hall–Kier alpha value is -0.610. The van der Waals surface area contributed by atoms with E-state index >= 15 is 0 Å². The van der Waals surface area contributed by atoms with E-state index < -0.39 is 12.0 Å². The van der Waals surface area contributed by atoms with Crippen molar-refractivity contribution in [1.82, 2.24) is 4.90 Å². The van der Waals surface area contributed by atoms with Gasteiger partial charge in [-0.05, 0) is 38.8 Å². The van der Waals surface area contributed by atoms with Crippen LogP contribution in [-0.4, -0.2) is 42.2 Å². The number of hydrogen-bond acceptors (Lipinski definition) is 3. The third-order valence-electron chi connectivity index (χ3n) is 3.43. The quantitative estimate of drug-likeness (QED) is 0.719. The molecule has 0 aliphatic heterocycles. The SMILES string of the molecule is CN(CCC(N)C(=O)O)CC1CCCCC1. The minimum absolute atomic E-state index is 0.540. The van der Waals surface area contributed by atoms with Gasteiger partial charge in [-0.1, -0.05) is 19.3 Å². The second-order valence-electron chi connectivity index (χ2n) is 5.00. The molecule has 0 saturated heterocycles. The number of hydrogen-bond donors (Lipinski definition) is 2. The number of carboxylic acids is 1. The second-order valence-corrected chi connectivity index (χ2v) is 5.00. The lowest BCUT2D eigenvalue weighted by molar-refractivity contribution is -0.138. The van der Waals surface area contributed by atoms with E-state index in [4.69, 9.17) is 10.8 Å². The van der Waals surface area contributed by atoms with Crippen LogP contribution < -0.4 is 5.73 Å². The monoisotopic (exact) mass is 228 g/mol. The summed E-state index contributed by atoms with van der Waals surface area (Å²) in [5.41, 5.74) is 5.47. The van der Waals surface area contributed by atoms with Crippen molar-refractivity contribution in [1.29, 1.82) is 0 Å². The zero-order valence-electron chi connectivity index (χ0n) is 10.2. The molecule has 4 nitrogen and oxygen atoms in total. The molecule has 1 saturated carbocycles. The standard InChI is InChI=1S/C12H24N2O2/c1-14(8-7-11(13)12(15)16)9-10-5-3-2-4-6-10/h10-11H,2-9,13H2,1H3,(H,15,16). The highest BCUT2D eigenvalue weighted by Crippen LogP contribution is 2.24. The van der Waals surface area contributed by atoms with Gasteiger partial charge in [0.1, 0.15) is 6.04 Å². The van der Waals surface area contributed by atoms with Gasteiger partial charge in [-0.2, -0.15) is 0 Å². The van der Waals surface area contributed by atoms with Gasteiger partial charge in [0, 0.05) is 6.54 Å². The number of carbonyl (C=O) groups is 1. The summed E-state index contributed by atoms with van der Waals surface area (Å²) in [6.45, 7) is 1.87. The number of nitrogens with zero attached hydrogens (tertiary/aromatic N) is 1. The van der Waals surface area contributed by atoms with Crippen molar-refractivity contribution < 1.29 is 9.90 Å². The summed E-state index contributed by atoms with van der Waals surface area (Å²) in [6.07, 6.45) is 7.29. The molecule has 1 aliphatic carbocycles. The maximum Gasteiger partial charge on any atom is 0.320 e. The van der Waals surface area contributed by atoms with Gasteiger partial charge in [0.05, 0.1) is 0 Å². The van der Waals surface area contributed by atoms with Crippen LogP contribution in [-0.2, 0) is 4.79 Å². The summed E-state index contributed by atoms with van der Waals surface area (Å²) in [5.74, 6) is -0.0918. The first-order valence-electron chi connectivity index (χ1n) is 6.26. The molecule has 1 fully saturated rings. The fourth-order valence-corrected chi connectivity index (χ4v) is 2.38. The summed E-state index contributed by atoms with van der Waals surface area (Å²) >= 11 is 0. The first-order valence-corrected chi connectivity index (χ1v) is 6.26. The van der Waals surface area contributed by atoms with E-state index in [-0.39, 0.29) is 0 Å². The molecule has 0 aromatic heterocycles. The van der Waals surface area contributed by atoms with Crippen LogP contribution in [0.15, 0.2) is 0 Å². The lowest BCUT2D eigenvalue weighted by atomic mass is 9.89. The maximum atomic E-state index is 10.6. The van der Waals surface area contributed by atoms with Crippen molar-refractivity contribution in [3.63, 3.8) is 0 Å². The highest BCUT2D eigenvalue weighted by molar-refractivity contribution is 5.72. The van der Waals surface area contributed by atoms with Crippen LogP contribution in [0.5, 0.6) is 0 Å². The van der Waals surface area contributed by atoms with Gasteiger partial charge in [-0.25, -0.2) is 0 Å². The second kappa shape index (κ2) is 6.86. The molecule has 94 valence electrons. The van der Waals surface area contributed by atoms with E-state index in [2.05, 4.69) is 11.9 Å². The van der Waals surface area contributed by atoms with Crippen LogP contribution in [0.4, 0.5) is 0 Å². The molecule has 0 aromatic rings. The van der Waals surface area contributed by atoms with Crippen LogP contribution in [0.2, 0.25) is 0 Å². The fraction of sp³-hybridized carbons (Fsp3) is 0.917. The zero-order valence-corrected chi connectivity index (χ0v) is 10.2. The highest BCUT2D eigenvalue weighted by Gasteiger charge is 2.17. The Morgan fingerprint density at radius 2 is 2.06 bits per heavy atom. The molecular formula is C12H24N2O2. The van der Waals surface area contributed by atoms with Crippen molar-refractivity contribution in [2.24, 2.45) is 11.7 Å². The lowest BCUT2D eigenvalue weighted by Crippen LogP contribution is -2.36. The molecule has 1 atom stereocenters. The molecule has 1 unspecified atom stereocenters. The molecule has 1 aliphatic rings.